The maximum atomic E-state index is 5.90. The van der Waals surface area contributed by atoms with E-state index in [1.54, 1.807) is 4.68 Å². The molecule has 1 aromatic heterocycles. The third-order valence-electron chi connectivity index (χ3n) is 4.04. The summed E-state index contributed by atoms with van der Waals surface area (Å²) >= 11 is 3.46. The predicted octanol–water partition coefficient (Wildman–Crippen LogP) is 2.95. The fourth-order valence-corrected chi connectivity index (χ4v) is 3.03. The number of hydrogen-bond donors (Lipinski definition) is 1. The monoisotopic (exact) mass is 519 g/mol. The molecule has 0 aliphatic carbocycles. The van der Waals surface area contributed by atoms with Crippen LogP contribution in [0.2, 0.25) is 0 Å². The van der Waals surface area contributed by atoms with E-state index in [2.05, 4.69) is 48.4 Å². The van der Waals surface area contributed by atoms with Crippen LogP contribution in [0, 0.1) is 0 Å². The Bertz CT molecular complexity index is 703. The van der Waals surface area contributed by atoms with Gasteiger partial charge in [-0.15, -0.1) is 24.0 Å². The molecular formula is C17H23BrIN5O. The standard InChI is InChI=1S/C17H22BrN5O.HI/c1-19-17(20-9-13-3-5-15(18)6-4-13)23-7-8-24-16(12-23)14-10-21-22(2)11-14;/h3-6,10-11,16H,7-9,12H2,1-2H3,(H,19,20);1H. The van der Waals surface area contributed by atoms with Crippen LogP contribution >= 0.6 is 39.9 Å². The fraction of sp³-hybridized carbons (Fsp3) is 0.412. The van der Waals surface area contributed by atoms with Crippen LogP contribution in [0.25, 0.3) is 0 Å². The highest BCUT2D eigenvalue weighted by Gasteiger charge is 2.25. The zero-order chi connectivity index (χ0) is 16.9. The van der Waals surface area contributed by atoms with Gasteiger partial charge in [0.15, 0.2) is 5.96 Å². The zero-order valence-corrected chi connectivity index (χ0v) is 18.3. The van der Waals surface area contributed by atoms with Crippen molar-refractivity contribution in [2.24, 2.45) is 12.0 Å². The highest BCUT2D eigenvalue weighted by atomic mass is 127. The summed E-state index contributed by atoms with van der Waals surface area (Å²) in [5.41, 5.74) is 2.32. The lowest BCUT2D eigenvalue weighted by Crippen LogP contribution is -2.47. The van der Waals surface area contributed by atoms with Crippen molar-refractivity contribution in [3.05, 3.63) is 52.3 Å². The minimum atomic E-state index is 0. The molecule has 1 saturated heterocycles. The molecule has 0 radical (unpaired) electrons. The number of rotatable bonds is 3. The van der Waals surface area contributed by atoms with E-state index >= 15 is 0 Å². The van der Waals surface area contributed by atoms with E-state index in [1.807, 2.05) is 38.6 Å². The molecule has 6 nitrogen and oxygen atoms in total. The van der Waals surface area contributed by atoms with Crippen LogP contribution in [-0.2, 0) is 18.3 Å². The molecule has 2 heterocycles. The molecule has 0 spiro atoms. The molecular weight excluding hydrogens is 497 g/mol. The van der Waals surface area contributed by atoms with E-state index in [0.717, 1.165) is 35.6 Å². The van der Waals surface area contributed by atoms with Crippen LogP contribution in [0.4, 0.5) is 0 Å². The van der Waals surface area contributed by atoms with Crippen LogP contribution < -0.4 is 5.32 Å². The maximum Gasteiger partial charge on any atom is 0.194 e. The molecule has 1 N–H and O–H groups in total. The zero-order valence-electron chi connectivity index (χ0n) is 14.4. The summed E-state index contributed by atoms with van der Waals surface area (Å²) in [7, 11) is 3.74. The van der Waals surface area contributed by atoms with Gasteiger partial charge in [-0.3, -0.25) is 9.67 Å². The van der Waals surface area contributed by atoms with Crippen LogP contribution in [0.5, 0.6) is 0 Å². The quantitative estimate of drug-likeness (QED) is 0.385. The summed E-state index contributed by atoms with van der Waals surface area (Å²) in [6.07, 6.45) is 3.90. The number of nitrogens with one attached hydrogen (secondary N) is 1. The van der Waals surface area contributed by atoms with Crippen molar-refractivity contribution in [1.29, 1.82) is 0 Å². The van der Waals surface area contributed by atoms with E-state index in [-0.39, 0.29) is 30.1 Å². The summed E-state index contributed by atoms with van der Waals surface area (Å²) in [6, 6.07) is 8.30. The minimum Gasteiger partial charge on any atom is -0.370 e. The molecule has 136 valence electrons. The number of ether oxygens (including phenoxy) is 1. The molecule has 2 aromatic rings. The Morgan fingerprint density at radius 1 is 1.40 bits per heavy atom. The summed E-state index contributed by atoms with van der Waals surface area (Å²) in [6.45, 7) is 3.02. The number of hydrogen-bond acceptors (Lipinski definition) is 3. The van der Waals surface area contributed by atoms with Gasteiger partial charge in [0.25, 0.3) is 0 Å². The third kappa shape index (κ3) is 5.42. The van der Waals surface area contributed by atoms with E-state index in [0.29, 0.717) is 6.61 Å². The second-order valence-electron chi connectivity index (χ2n) is 5.78. The Labute approximate surface area is 173 Å². The van der Waals surface area contributed by atoms with Gasteiger partial charge in [0, 0.05) is 43.4 Å². The summed E-state index contributed by atoms with van der Waals surface area (Å²) in [4.78, 5) is 6.66. The Morgan fingerprint density at radius 3 is 2.80 bits per heavy atom. The first-order valence-corrected chi connectivity index (χ1v) is 8.75. The number of nitrogens with zero attached hydrogens (tertiary/aromatic N) is 4. The number of halogens is 2. The topological polar surface area (TPSA) is 54.7 Å². The van der Waals surface area contributed by atoms with E-state index in [9.17, 15) is 0 Å². The molecule has 1 fully saturated rings. The van der Waals surface area contributed by atoms with Crippen molar-refractivity contribution in [1.82, 2.24) is 20.0 Å². The molecule has 0 amide bonds. The summed E-state index contributed by atoms with van der Waals surface area (Å²) < 4.78 is 8.79. The number of benzene rings is 1. The molecule has 25 heavy (non-hydrogen) atoms. The molecule has 8 heteroatoms. The number of aliphatic imine (C=N–C) groups is 1. The SMILES string of the molecule is CN=C(NCc1ccc(Br)cc1)N1CCOC(c2cnn(C)c2)C1.I. The van der Waals surface area contributed by atoms with Gasteiger partial charge in [-0.1, -0.05) is 28.1 Å². The first-order valence-electron chi connectivity index (χ1n) is 7.96. The molecule has 3 rings (SSSR count). The Balaban J connectivity index is 0.00000225. The summed E-state index contributed by atoms with van der Waals surface area (Å²) in [5, 5.41) is 7.67. The molecule has 1 aliphatic rings. The Kier molecular flexibility index (Phi) is 7.70. The highest BCUT2D eigenvalue weighted by molar-refractivity contribution is 14.0. The van der Waals surface area contributed by atoms with Gasteiger partial charge in [0.1, 0.15) is 6.10 Å². The average Bonchev–Trinajstić information content (AvgIpc) is 3.04. The van der Waals surface area contributed by atoms with Gasteiger partial charge in [0.2, 0.25) is 0 Å². The first-order chi connectivity index (χ1) is 11.7. The second kappa shape index (κ2) is 9.54. The van der Waals surface area contributed by atoms with Crippen molar-refractivity contribution in [2.45, 2.75) is 12.6 Å². The highest BCUT2D eigenvalue weighted by Crippen LogP contribution is 2.21. The number of morpholine rings is 1. The summed E-state index contributed by atoms with van der Waals surface area (Å²) in [5.74, 6) is 0.898. The Morgan fingerprint density at radius 2 is 2.16 bits per heavy atom. The molecule has 1 atom stereocenters. The van der Waals surface area contributed by atoms with E-state index in [4.69, 9.17) is 4.74 Å². The smallest absolute Gasteiger partial charge is 0.194 e. The molecule has 1 aliphatic heterocycles. The molecule has 0 saturated carbocycles. The van der Waals surface area contributed by atoms with Gasteiger partial charge in [-0.2, -0.15) is 5.10 Å². The predicted molar refractivity (Wildman–Crippen MR) is 113 cm³/mol. The van der Waals surface area contributed by atoms with Crippen molar-refractivity contribution < 1.29 is 4.74 Å². The normalized spacial score (nSPS) is 18.0. The largest absolute Gasteiger partial charge is 0.370 e. The van der Waals surface area contributed by atoms with E-state index in [1.165, 1.54) is 5.56 Å². The van der Waals surface area contributed by atoms with Gasteiger partial charge in [-0.05, 0) is 17.7 Å². The van der Waals surface area contributed by atoms with Crippen molar-refractivity contribution in [3.63, 3.8) is 0 Å². The van der Waals surface area contributed by atoms with Crippen LogP contribution in [0.1, 0.15) is 17.2 Å². The number of guanidine groups is 1. The third-order valence-corrected chi connectivity index (χ3v) is 4.57. The lowest BCUT2D eigenvalue weighted by atomic mass is 10.1. The fourth-order valence-electron chi connectivity index (χ4n) is 2.77. The second-order valence-corrected chi connectivity index (χ2v) is 6.70. The van der Waals surface area contributed by atoms with Crippen molar-refractivity contribution in [3.8, 4) is 0 Å². The van der Waals surface area contributed by atoms with Gasteiger partial charge < -0.3 is 15.0 Å². The maximum absolute atomic E-state index is 5.90. The lowest BCUT2D eigenvalue weighted by molar-refractivity contribution is -0.00805. The minimum absolute atomic E-state index is 0. The molecule has 1 aromatic carbocycles. The van der Waals surface area contributed by atoms with Crippen molar-refractivity contribution >= 4 is 45.9 Å². The number of aromatic nitrogens is 2. The Hall–Kier alpha value is -1.13. The lowest BCUT2D eigenvalue weighted by Gasteiger charge is -2.34. The number of aryl methyl sites for hydroxylation is 1. The van der Waals surface area contributed by atoms with Crippen molar-refractivity contribution in [2.75, 3.05) is 26.7 Å². The van der Waals surface area contributed by atoms with Crippen LogP contribution in [0.15, 0.2) is 46.1 Å². The molecule has 0 bridgehead atoms. The van der Waals surface area contributed by atoms with Gasteiger partial charge >= 0.3 is 0 Å². The molecule has 1 unspecified atom stereocenters. The van der Waals surface area contributed by atoms with Crippen LogP contribution in [0.3, 0.4) is 0 Å². The average molecular weight is 520 g/mol. The first kappa shape index (κ1) is 20.2. The van der Waals surface area contributed by atoms with E-state index < -0.39 is 0 Å². The van der Waals surface area contributed by atoms with Gasteiger partial charge in [0.05, 0.1) is 19.3 Å². The van der Waals surface area contributed by atoms with Gasteiger partial charge in [-0.25, -0.2) is 0 Å². The van der Waals surface area contributed by atoms with Crippen LogP contribution in [-0.4, -0.2) is 47.4 Å².